The van der Waals surface area contributed by atoms with Gasteiger partial charge in [-0.1, -0.05) is 98.7 Å². The summed E-state index contributed by atoms with van der Waals surface area (Å²) in [7, 11) is 0. The minimum atomic E-state index is 0.168. The SMILES string of the molecule is CC(C)(C)c1ccccc1.CC(C)(C)c1cccs1.CC(C)(C)c1cncnc1. The van der Waals surface area contributed by atoms with Crippen LogP contribution in [-0.4, -0.2) is 9.97 Å². The maximum Gasteiger partial charge on any atom is 0.115 e. The van der Waals surface area contributed by atoms with Gasteiger partial charge in [0.1, 0.15) is 6.33 Å². The minimum absolute atomic E-state index is 0.168. The summed E-state index contributed by atoms with van der Waals surface area (Å²) in [5.74, 6) is 0. The van der Waals surface area contributed by atoms with Gasteiger partial charge in [0, 0.05) is 17.3 Å². The van der Waals surface area contributed by atoms with E-state index in [9.17, 15) is 0 Å². The molecule has 29 heavy (non-hydrogen) atoms. The number of rotatable bonds is 0. The van der Waals surface area contributed by atoms with Gasteiger partial charge in [-0.2, -0.15) is 0 Å². The molecular formula is C26H38N2S. The molecular weight excluding hydrogens is 372 g/mol. The first-order valence-corrected chi connectivity index (χ1v) is 11.0. The Morgan fingerprint density at radius 1 is 0.586 bits per heavy atom. The van der Waals surface area contributed by atoms with Crippen LogP contribution in [-0.2, 0) is 16.2 Å². The number of hydrogen-bond acceptors (Lipinski definition) is 3. The second-order valence-corrected chi connectivity index (χ2v) is 11.2. The maximum absolute atomic E-state index is 3.94. The molecule has 3 aromatic rings. The van der Waals surface area contributed by atoms with Gasteiger partial charge >= 0.3 is 0 Å². The highest BCUT2D eigenvalue weighted by molar-refractivity contribution is 7.10. The summed E-state index contributed by atoms with van der Waals surface area (Å²) in [6.07, 6.45) is 5.26. The molecule has 0 radical (unpaired) electrons. The third kappa shape index (κ3) is 9.85. The summed E-state index contributed by atoms with van der Waals surface area (Å²) in [5, 5.41) is 2.13. The first-order chi connectivity index (χ1) is 13.3. The highest BCUT2D eigenvalue weighted by Gasteiger charge is 2.14. The van der Waals surface area contributed by atoms with E-state index in [1.54, 1.807) is 6.33 Å². The fourth-order valence-electron chi connectivity index (χ4n) is 2.33. The average molecular weight is 411 g/mol. The minimum Gasteiger partial charge on any atom is -0.245 e. The van der Waals surface area contributed by atoms with Crippen molar-refractivity contribution in [2.75, 3.05) is 0 Å². The van der Waals surface area contributed by atoms with E-state index in [2.05, 4.69) is 120 Å². The molecule has 2 nitrogen and oxygen atoms in total. The van der Waals surface area contributed by atoms with Crippen LogP contribution in [0, 0.1) is 0 Å². The van der Waals surface area contributed by atoms with Crippen LogP contribution >= 0.6 is 11.3 Å². The molecule has 3 rings (SSSR count). The van der Waals surface area contributed by atoms with Gasteiger partial charge in [0.2, 0.25) is 0 Å². The lowest BCUT2D eigenvalue weighted by Gasteiger charge is -2.18. The van der Waals surface area contributed by atoms with Crippen LogP contribution < -0.4 is 0 Å². The van der Waals surface area contributed by atoms with Crippen LogP contribution in [0.2, 0.25) is 0 Å². The molecule has 0 aliphatic carbocycles. The Balaban J connectivity index is 0.000000218. The molecule has 0 unspecified atom stereocenters. The average Bonchev–Trinajstić information content (AvgIpc) is 3.18. The van der Waals surface area contributed by atoms with E-state index in [0.29, 0.717) is 10.8 Å². The predicted octanol–water partition coefficient (Wildman–Crippen LogP) is 7.80. The molecule has 0 saturated carbocycles. The highest BCUT2D eigenvalue weighted by Crippen LogP contribution is 2.26. The van der Waals surface area contributed by atoms with Crippen molar-refractivity contribution < 1.29 is 0 Å². The molecule has 0 bridgehead atoms. The lowest BCUT2D eigenvalue weighted by Crippen LogP contribution is -2.11. The zero-order valence-corrected chi connectivity index (χ0v) is 20.5. The van der Waals surface area contributed by atoms with Crippen molar-refractivity contribution in [3.05, 3.63) is 82.6 Å². The molecule has 2 heterocycles. The third-order valence-electron chi connectivity index (χ3n) is 4.33. The Bertz CT molecular complexity index is 738. The van der Waals surface area contributed by atoms with Gasteiger partial charge in [0.15, 0.2) is 0 Å². The molecule has 2 aromatic heterocycles. The lowest BCUT2D eigenvalue weighted by atomic mass is 9.87. The van der Waals surface area contributed by atoms with Crippen molar-refractivity contribution in [1.29, 1.82) is 0 Å². The van der Waals surface area contributed by atoms with E-state index in [0.717, 1.165) is 0 Å². The van der Waals surface area contributed by atoms with Crippen molar-refractivity contribution in [3.63, 3.8) is 0 Å². The lowest BCUT2D eigenvalue weighted by molar-refractivity contribution is 0.584. The molecule has 0 fully saturated rings. The summed E-state index contributed by atoms with van der Waals surface area (Å²) in [5.41, 5.74) is 3.38. The molecule has 158 valence electrons. The van der Waals surface area contributed by atoms with Crippen molar-refractivity contribution in [2.45, 2.75) is 78.6 Å². The number of hydrogen-bond donors (Lipinski definition) is 0. The van der Waals surface area contributed by atoms with E-state index in [-0.39, 0.29) is 5.41 Å². The molecule has 0 aliphatic heterocycles. The smallest absolute Gasteiger partial charge is 0.115 e. The van der Waals surface area contributed by atoms with E-state index < -0.39 is 0 Å². The Labute approximate surface area is 182 Å². The third-order valence-corrected chi connectivity index (χ3v) is 5.62. The van der Waals surface area contributed by atoms with Crippen LogP contribution in [0.25, 0.3) is 0 Å². The molecule has 3 heteroatoms. The topological polar surface area (TPSA) is 25.8 Å². The van der Waals surface area contributed by atoms with E-state index in [4.69, 9.17) is 0 Å². The summed E-state index contributed by atoms with van der Waals surface area (Å²) in [6, 6.07) is 14.8. The van der Waals surface area contributed by atoms with Gasteiger partial charge in [-0.05, 0) is 38.8 Å². The monoisotopic (exact) mass is 410 g/mol. The zero-order chi connectivity index (χ0) is 22.1. The summed E-state index contributed by atoms with van der Waals surface area (Å²) in [4.78, 5) is 9.34. The summed E-state index contributed by atoms with van der Waals surface area (Å²) in [6.45, 7) is 19.8. The molecule has 0 N–H and O–H groups in total. The Morgan fingerprint density at radius 3 is 1.38 bits per heavy atom. The van der Waals surface area contributed by atoms with Crippen LogP contribution in [0.4, 0.5) is 0 Å². The van der Waals surface area contributed by atoms with Crippen LogP contribution in [0.5, 0.6) is 0 Å². The van der Waals surface area contributed by atoms with E-state index in [1.165, 1.54) is 16.0 Å². The Kier molecular flexibility index (Phi) is 9.22. The second-order valence-electron chi connectivity index (χ2n) is 10.2. The molecule has 0 spiro atoms. The van der Waals surface area contributed by atoms with Crippen LogP contribution in [0.3, 0.4) is 0 Å². The molecule has 0 atom stereocenters. The standard InChI is InChI=1S/C10H14.C8H12N2.C8H12S/c1-10(2,3)9-7-5-4-6-8-9;1-8(2,3)7-4-9-6-10-5-7;1-8(2,3)7-5-4-6-9-7/h4-8H,1-3H3;4-6H,1-3H3;4-6H,1-3H3. The highest BCUT2D eigenvalue weighted by atomic mass is 32.1. The fraction of sp³-hybridized carbons (Fsp3) is 0.462. The largest absolute Gasteiger partial charge is 0.245 e. The van der Waals surface area contributed by atoms with Crippen molar-refractivity contribution in [2.24, 2.45) is 0 Å². The normalized spacial score (nSPS) is 11.6. The molecule has 0 aliphatic rings. The second kappa shape index (κ2) is 10.7. The fourth-order valence-corrected chi connectivity index (χ4v) is 3.14. The first kappa shape index (κ1) is 25.0. The Hall–Kier alpha value is -2.00. The maximum atomic E-state index is 3.94. The van der Waals surface area contributed by atoms with E-state index >= 15 is 0 Å². The van der Waals surface area contributed by atoms with Gasteiger partial charge in [0.05, 0.1) is 0 Å². The van der Waals surface area contributed by atoms with Gasteiger partial charge in [-0.25, -0.2) is 9.97 Å². The molecule has 1 aromatic carbocycles. The van der Waals surface area contributed by atoms with Gasteiger partial charge in [-0.3, -0.25) is 0 Å². The van der Waals surface area contributed by atoms with Crippen molar-refractivity contribution >= 4 is 11.3 Å². The van der Waals surface area contributed by atoms with Crippen molar-refractivity contribution in [3.8, 4) is 0 Å². The number of nitrogens with zero attached hydrogens (tertiary/aromatic N) is 2. The summed E-state index contributed by atoms with van der Waals surface area (Å²) >= 11 is 1.83. The molecule has 0 amide bonds. The first-order valence-electron chi connectivity index (χ1n) is 10.2. The quantitative estimate of drug-likeness (QED) is 0.378. The van der Waals surface area contributed by atoms with Gasteiger partial charge in [0.25, 0.3) is 0 Å². The van der Waals surface area contributed by atoms with E-state index in [1.807, 2.05) is 23.7 Å². The molecule has 0 saturated heterocycles. The van der Waals surface area contributed by atoms with Crippen LogP contribution in [0.15, 0.2) is 66.6 Å². The number of aromatic nitrogens is 2. The number of thiophene rings is 1. The zero-order valence-electron chi connectivity index (χ0n) is 19.7. The van der Waals surface area contributed by atoms with Crippen molar-refractivity contribution in [1.82, 2.24) is 9.97 Å². The van der Waals surface area contributed by atoms with Gasteiger partial charge < -0.3 is 0 Å². The Morgan fingerprint density at radius 2 is 1.10 bits per heavy atom. The summed E-state index contributed by atoms with van der Waals surface area (Å²) < 4.78 is 0. The van der Waals surface area contributed by atoms with Crippen LogP contribution in [0.1, 0.15) is 78.3 Å². The predicted molar refractivity (Wildman–Crippen MR) is 129 cm³/mol. The van der Waals surface area contributed by atoms with Gasteiger partial charge in [-0.15, -0.1) is 11.3 Å². The number of benzene rings is 1.